The van der Waals surface area contributed by atoms with Crippen molar-refractivity contribution < 1.29 is 28.8 Å². The maximum atomic E-state index is 12.6. The van der Waals surface area contributed by atoms with E-state index in [-0.39, 0.29) is 23.5 Å². The molecule has 1 aliphatic heterocycles. The van der Waals surface area contributed by atoms with E-state index in [0.717, 1.165) is 12.8 Å². The SMILES string of the molecule is C=Cc1cc(OC)cc(O)c1C(=O)O[C@@H](C)C/C=C/[C@H]1OC(C)(C)O[C@H]1CCC=C(C)C. The van der Waals surface area contributed by atoms with Crippen molar-refractivity contribution in [1.29, 1.82) is 0 Å². The van der Waals surface area contributed by atoms with Gasteiger partial charge in [0.1, 0.15) is 29.3 Å². The molecule has 2 rings (SSSR count). The number of hydrogen-bond donors (Lipinski definition) is 1. The number of methoxy groups -OCH3 is 1. The number of phenolic OH excluding ortho intramolecular Hbond substituents is 1. The van der Waals surface area contributed by atoms with Gasteiger partial charge in [-0.3, -0.25) is 0 Å². The molecule has 1 aliphatic rings. The van der Waals surface area contributed by atoms with E-state index in [2.05, 4.69) is 26.5 Å². The Bertz CT molecular complexity index is 863. The summed E-state index contributed by atoms with van der Waals surface area (Å²) in [5, 5.41) is 10.2. The molecule has 1 aromatic rings. The standard InChI is InChI=1S/C26H36O6/c1-8-19-15-20(29-7)16-21(27)24(19)25(28)30-18(4)12-10-14-23-22(13-9-11-17(2)3)31-26(5,6)32-23/h8,10-11,14-16,18,22-23,27H,1,9,12-13H2,2-7H3/b14-10+/t18-,22-,23+/m0/s1. The molecule has 3 atom stereocenters. The van der Waals surface area contributed by atoms with E-state index in [0.29, 0.717) is 17.7 Å². The summed E-state index contributed by atoms with van der Waals surface area (Å²) in [5.74, 6) is -1.01. The van der Waals surface area contributed by atoms with Crippen LogP contribution in [0.1, 0.15) is 69.8 Å². The second-order valence-electron chi connectivity index (χ2n) is 8.69. The topological polar surface area (TPSA) is 74.2 Å². The second-order valence-corrected chi connectivity index (χ2v) is 8.69. The van der Waals surface area contributed by atoms with Gasteiger partial charge >= 0.3 is 5.97 Å². The molecule has 0 aromatic heterocycles. The lowest BCUT2D eigenvalue weighted by atomic mass is 10.1. The van der Waals surface area contributed by atoms with Gasteiger partial charge in [0.25, 0.3) is 0 Å². The molecule has 0 bridgehead atoms. The molecular weight excluding hydrogens is 408 g/mol. The van der Waals surface area contributed by atoms with Crippen molar-refractivity contribution in [2.24, 2.45) is 0 Å². The van der Waals surface area contributed by atoms with Crippen molar-refractivity contribution in [3.05, 3.63) is 53.6 Å². The Morgan fingerprint density at radius 2 is 2.03 bits per heavy atom. The van der Waals surface area contributed by atoms with Crippen molar-refractivity contribution in [2.45, 2.75) is 78.0 Å². The Balaban J connectivity index is 1.98. The van der Waals surface area contributed by atoms with Crippen LogP contribution in [0.25, 0.3) is 6.08 Å². The van der Waals surface area contributed by atoms with Crippen molar-refractivity contribution in [3.8, 4) is 11.5 Å². The summed E-state index contributed by atoms with van der Waals surface area (Å²) in [6.45, 7) is 13.5. The number of phenols is 1. The average molecular weight is 445 g/mol. The number of esters is 1. The number of hydrogen-bond acceptors (Lipinski definition) is 6. The van der Waals surface area contributed by atoms with Gasteiger partial charge < -0.3 is 24.1 Å². The minimum Gasteiger partial charge on any atom is -0.507 e. The predicted molar refractivity (Wildman–Crippen MR) is 126 cm³/mol. The molecule has 0 unspecified atom stereocenters. The van der Waals surface area contributed by atoms with Crippen molar-refractivity contribution >= 4 is 12.0 Å². The third kappa shape index (κ3) is 7.24. The van der Waals surface area contributed by atoms with Crippen LogP contribution in [0.2, 0.25) is 0 Å². The number of carbonyl (C=O) groups is 1. The van der Waals surface area contributed by atoms with Gasteiger partial charge in [0, 0.05) is 12.5 Å². The first kappa shape index (κ1) is 25.7. The van der Waals surface area contributed by atoms with Gasteiger partial charge in [-0.05, 0) is 59.1 Å². The number of allylic oxidation sites excluding steroid dienone is 2. The summed E-state index contributed by atoms with van der Waals surface area (Å²) in [5.41, 5.74) is 1.81. The second kappa shape index (κ2) is 11.3. The van der Waals surface area contributed by atoms with E-state index in [1.807, 2.05) is 26.0 Å². The zero-order valence-electron chi connectivity index (χ0n) is 20.0. The first-order chi connectivity index (χ1) is 15.1. The Morgan fingerprint density at radius 1 is 1.31 bits per heavy atom. The molecule has 0 amide bonds. The number of rotatable bonds is 10. The fourth-order valence-corrected chi connectivity index (χ4v) is 3.60. The summed E-state index contributed by atoms with van der Waals surface area (Å²) >= 11 is 0. The number of ether oxygens (including phenoxy) is 4. The molecule has 0 spiro atoms. The molecule has 6 heteroatoms. The molecule has 176 valence electrons. The number of benzene rings is 1. The minimum atomic E-state index is -0.629. The summed E-state index contributed by atoms with van der Waals surface area (Å²) in [4.78, 5) is 12.6. The van der Waals surface area contributed by atoms with Gasteiger partial charge in [-0.2, -0.15) is 0 Å². The zero-order valence-corrected chi connectivity index (χ0v) is 20.0. The Morgan fingerprint density at radius 3 is 2.66 bits per heavy atom. The molecule has 0 saturated carbocycles. The highest BCUT2D eigenvalue weighted by Gasteiger charge is 2.39. The first-order valence-electron chi connectivity index (χ1n) is 11.0. The van der Waals surface area contributed by atoms with Gasteiger partial charge in [-0.1, -0.05) is 36.5 Å². The molecular formula is C26H36O6. The summed E-state index contributed by atoms with van der Waals surface area (Å²) in [7, 11) is 1.49. The molecule has 1 heterocycles. The maximum absolute atomic E-state index is 12.6. The van der Waals surface area contributed by atoms with Crippen LogP contribution in [0.3, 0.4) is 0 Å². The molecule has 1 aromatic carbocycles. The van der Waals surface area contributed by atoms with Crippen LogP contribution in [0.15, 0.2) is 42.5 Å². The molecule has 0 aliphatic carbocycles. The largest absolute Gasteiger partial charge is 0.507 e. The van der Waals surface area contributed by atoms with Crippen LogP contribution < -0.4 is 4.74 Å². The van der Waals surface area contributed by atoms with Gasteiger partial charge in [0.05, 0.1) is 13.2 Å². The van der Waals surface area contributed by atoms with Gasteiger partial charge in [-0.25, -0.2) is 4.79 Å². The van der Waals surface area contributed by atoms with E-state index >= 15 is 0 Å². The highest BCUT2D eigenvalue weighted by atomic mass is 16.7. The van der Waals surface area contributed by atoms with Crippen LogP contribution in [0, 0.1) is 0 Å². The summed E-state index contributed by atoms with van der Waals surface area (Å²) < 4.78 is 22.7. The zero-order chi connectivity index (χ0) is 23.9. The monoisotopic (exact) mass is 444 g/mol. The Hall–Kier alpha value is -2.57. The first-order valence-corrected chi connectivity index (χ1v) is 11.0. The Labute approximate surface area is 191 Å². The molecule has 32 heavy (non-hydrogen) atoms. The fraction of sp³-hybridized carbons (Fsp3) is 0.500. The fourth-order valence-electron chi connectivity index (χ4n) is 3.60. The molecule has 0 radical (unpaired) electrons. The van der Waals surface area contributed by atoms with Crippen molar-refractivity contribution in [2.75, 3.05) is 7.11 Å². The van der Waals surface area contributed by atoms with Gasteiger partial charge in [-0.15, -0.1) is 0 Å². The highest BCUT2D eigenvalue weighted by molar-refractivity contribution is 5.97. The third-order valence-electron chi connectivity index (χ3n) is 5.11. The molecule has 1 saturated heterocycles. The van der Waals surface area contributed by atoms with Gasteiger partial charge in [0.2, 0.25) is 0 Å². The third-order valence-corrected chi connectivity index (χ3v) is 5.11. The quantitative estimate of drug-likeness (QED) is 0.363. The molecule has 6 nitrogen and oxygen atoms in total. The van der Waals surface area contributed by atoms with E-state index in [1.165, 1.54) is 24.8 Å². The van der Waals surface area contributed by atoms with Crippen LogP contribution in [-0.2, 0) is 14.2 Å². The van der Waals surface area contributed by atoms with E-state index in [9.17, 15) is 9.90 Å². The highest BCUT2D eigenvalue weighted by Crippen LogP contribution is 2.32. The normalized spacial score (nSPS) is 20.7. The van der Waals surface area contributed by atoms with Crippen LogP contribution >= 0.6 is 0 Å². The molecule has 1 fully saturated rings. The number of carbonyl (C=O) groups excluding carboxylic acids is 1. The van der Waals surface area contributed by atoms with E-state index in [1.54, 1.807) is 13.0 Å². The van der Waals surface area contributed by atoms with Crippen molar-refractivity contribution in [3.63, 3.8) is 0 Å². The predicted octanol–water partition coefficient (Wildman–Crippen LogP) is 5.80. The lowest BCUT2D eigenvalue weighted by Crippen LogP contribution is -2.21. The van der Waals surface area contributed by atoms with Crippen molar-refractivity contribution in [1.82, 2.24) is 0 Å². The number of aromatic hydroxyl groups is 1. The average Bonchev–Trinajstić information content (AvgIpc) is 3.00. The van der Waals surface area contributed by atoms with E-state index in [4.69, 9.17) is 18.9 Å². The lowest BCUT2D eigenvalue weighted by Gasteiger charge is -2.16. The maximum Gasteiger partial charge on any atom is 0.342 e. The van der Waals surface area contributed by atoms with Crippen LogP contribution in [-0.4, -0.2) is 42.3 Å². The van der Waals surface area contributed by atoms with Crippen LogP contribution in [0.4, 0.5) is 0 Å². The lowest BCUT2D eigenvalue weighted by molar-refractivity contribution is -0.143. The van der Waals surface area contributed by atoms with Gasteiger partial charge in [0.15, 0.2) is 5.79 Å². The molecule has 1 N–H and O–H groups in total. The summed E-state index contributed by atoms with van der Waals surface area (Å²) in [6.07, 6.45) is 9.34. The summed E-state index contributed by atoms with van der Waals surface area (Å²) in [6, 6.07) is 3.01. The smallest absolute Gasteiger partial charge is 0.342 e. The Kier molecular flexibility index (Phi) is 9.10. The van der Waals surface area contributed by atoms with Crippen LogP contribution in [0.5, 0.6) is 11.5 Å². The van der Waals surface area contributed by atoms with E-state index < -0.39 is 17.9 Å². The minimum absolute atomic E-state index is 0.0268.